The van der Waals surface area contributed by atoms with Crippen molar-refractivity contribution in [2.45, 2.75) is 40.2 Å². The van der Waals surface area contributed by atoms with Gasteiger partial charge in [0.2, 0.25) is 0 Å². The van der Waals surface area contributed by atoms with E-state index >= 15 is 0 Å². The zero-order valence-electron chi connectivity index (χ0n) is 22.9. The topological polar surface area (TPSA) is 55.2 Å². The fraction of sp³-hybridized carbons (Fsp3) is 0.206. The van der Waals surface area contributed by atoms with Crippen LogP contribution in [0.4, 0.5) is 0 Å². The summed E-state index contributed by atoms with van der Waals surface area (Å²) in [4.78, 5) is 34.8. The maximum Gasteiger partial charge on any atom is 0.266 e. The Hall–Kier alpha value is -4.51. The van der Waals surface area contributed by atoms with E-state index in [1.165, 1.54) is 0 Å². The number of benzene rings is 4. The van der Waals surface area contributed by atoms with Gasteiger partial charge in [-0.15, -0.1) is 0 Å². The molecule has 5 aromatic rings. The summed E-state index contributed by atoms with van der Waals surface area (Å²) in [6, 6.07) is 30.7. The van der Waals surface area contributed by atoms with Crippen LogP contribution < -0.4 is 5.56 Å². The molecule has 0 aliphatic heterocycles. The second-order valence-electron chi connectivity index (χ2n) is 10.2. The molecule has 0 bridgehead atoms. The van der Waals surface area contributed by atoms with Crippen LogP contribution in [0.15, 0.2) is 102 Å². The monoisotopic (exact) mass is 515 g/mol. The lowest BCUT2D eigenvalue weighted by atomic mass is 10.1. The van der Waals surface area contributed by atoms with Crippen LogP contribution in [0.3, 0.4) is 0 Å². The minimum Gasteiger partial charge on any atom is -0.328 e. The van der Waals surface area contributed by atoms with Crippen molar-refractivity contribution in [2.75, 3.05) is 6.54 Å². The molecule has 0 spiro atoms. The zero-order valence-corrected chi connectivity index (χ0v) is 22.9. The Morgan fingerprint density at radius 2 is 1.54 bits per heavy atom. The van der Waals surface area contributed by atoms with E-state index in [9.17, 15) is 9.59 Å². The van der Waals surface area contributed by atoms with Crippen molar-refractivity contribution in [1.82, 2.24) is 14.5 Å². The second-order valence-corrected chi connectivity index (χ2v) is 10.2. The van der Waals surface area contributed by atoms with Crippen LogP contribution in [0.1, 0.15) is 51.4 Å². The largest absolute Gasteiger partial charge is 0.328 e. The number of para-hydroxylation sites is 1. The van der Waals surface area contributed by atoms with E-state index in [0.29, 0.717) is 35.3 Å². The Morgan fingerprint density at radius 3 is 2.26 bits per heavy atom. The molecule has 5 rings (SSSR count). The first-order valence-corrected chi connectivity index (χ1v) is 13.3. The first kappa shape index (κ1) is 26.1. The van der Waals surface area contributed by atoms with E-state index in [0.717, 1.165) is 27.9 Å². The molecular weight excluding hydrogens is 482 g/mol. The number of nitrogens with zero attached hydrogens (tertiary/aromatic N) is 3. The zero-order chi connectivity index (χ0) is 27.5. The molecule has 5 nitrogen and oxygen atoms in total. The molecule has 1 unspecified atom stereocenters. The van der Waals surface area contributed by atoms with Crippen molar-refractivity contribution in [1.29, 1.82) is 0 Å². The van der Waals surface area contributed by atoms with Crippen molar-refractivity contribution >= 4 is 16.8 Å². The summed E-state index contributed by atoms with van der Waals surface area (Å²) in [6.45, 7) is 8.54. The van der Waals surface area contributed by atoms with Gasteiger partial charge in [0.15, 0.2) is 0 Å². The molecule has 0 aliphatic carbocycles. The molecule has 0 saturated carbocycles. The smallest absolute Gasteiger partial charge is 0.266 e. The number of hydrogen-bond acceptors (Lipinski definition) is 3. The number of carbonyl (C=O) groups is 1. The summed E-state index contributed by atoms with van der Waals surface area (Å²) >= 11 is 0. The molecule has 5 heteroatoms. The number of aromatic nitrogens is 2. The number of carbonyl (C=O) groups excluding carboxylic acids is 1. The van der Waals surface area contributed by atoms with E-state index in [4.69, 9.17) is 4.98 Å². The van der Waals surface area contributed by atoms with Gasteiger partial charge < -0.3 is 4.90 Å². The number of aryl methyl sites for hydroxylation is 3. The number of hydrogen-bond donors (Lipinski definition) is 0. The van der Waals surface area contributed by atoms with Gasteiger partial charge in [0.25, 0.3) is 11.5 Å². The lowest BCUT2D eigenvalue weighted by Gasteiger charge is -2.31. The fourth-order valence-electron chi connectivity index (χ4n) is 4.91. The molecule has 0 radical (unpaired) electrons. The third kappa shape index (κ3) is 5.39. The number of rotatable bonds is 7. The summed E-state index contributed by atoms with van der Waals surface area (Å²) in [5, 5.41) is 0.548. The van der Waals surface area contributed by atoms with Crippen LogP contribution in [0.5, 0.6) is 0 Å². The third-order valence-electron chi connectivity index (χ3n) is 7.44. The van der Waals surface area contributed by atoms with Crippen LogP contribution in [-0.4, -0.2) is 26.9 Å². The molecule has 4 aromatic carbocycles. The molecule has 1 atom stereocenters. The maximum atomic E-state index is 14.0. The van der Waals surface area contributed by atoms with Crippen LogP contribution in [0.2, 0.25) is 0 Å². The molecule has 39 heavy (non-hydrogen) atoms. The third-order valence-corrected chi connectivity index (χ3v) is 7.44. The van der Waals surface area contributed by atoms with Crippen molar-refractivity contribution in [3.8, 4) is 5.69 Å². The molecule has 1 heterocycles. The molecule has 1 aromatic heterocycles. The lowest BCUT2D eigenvalue weighted by Crippen LogP contribution is -2.38. The van der Waals surface area contributed by atoms with Gasteiger partial charge in [-0.3, -0.25) is 14.2 Å². The summed E-state index contributed by atoms with van der Waals surface area (Å²) in [7, 11) is 0. The van der Waals surface area contributed by atoms with Crippen molar-refractivity contribution in [3.05, 3.63) is 141 Å². The number of amides is 1. The van der Waals surface area contributed by atoms with Gasteiger partial charge in [-0.1, -0.05) is 66.2 Å². The molecule has 0 aliphatic rings. The molecule has 0 saturated heterocycles. The van der Waals surface area contributed by atoms with Gasteiger partial charge in [0.1, 0.15) is 5.82 Å². The maximum absolute atomic E-state index is 14.0. The van der Waals surface area contributed by atoms with Crippen molar-refractivity contribution < 1.29 is 4.79 Å². The minimum absolute atomic E-state index is 0.0903. The molecular formula is C34H33N3O2. The predicted octanol–water partition coefficient (Wildman–Crippen LogP) is 6.76. The highest BCUT2D eigenvalue weighted by atomic mass is 16.2. The quantitative estimate of drug-likeness (QED) is 0.241. The summed E-state index contributed by atoms with van der Waals surface area (Å²) < 4.78 is 1.68. The predicted molar refractivity (Wildman–Crippen MR) is 158 cm³/mol. The van der Waals surface area contributed by atoms with Crippen molar-refractivity contribution in [3.63, 3.8) is 0 Å². The Kier molecular flexibility index (Phi) is 7.42. The molecule has 0 fully saturated rings. The Morgan fingerprint density at radius 1 is 0.846 bits per heavy atom. The van der Waals surface area contributed by atoms with Gasteiger partial charge in [0.05, 0.1) is 22.6 Å². The molecule has 0 N–H and O–H groups in total. The van der Waals surface area contributed by atoms with Crippen LogP contribution in [0, 0.1) is 20.8 Å². The van der Waals surface area contributed by atoms with Gasteiger partial charge in [-0.25, -0.2) is 4.98 Å². The average Bonchev–Trinajstić information content (AvgIpc) is 2.95. The number of fused-ring (bicyclic) bond motifs is 1. The van der Waals surface area contributed by atoms with Gasteiger partial charge in [-0.2, -0.15) is 0 Å². The van der Waals surface area contributed by atoms with Gasteiger partial charge in [0, 0.05) is 12.1 Å². The van der Waals surface area contributed by atoms with Gasteiger partial charge >= 0.3 is 0 Å². The summed E-state index contributed by atoms with van der Waals surface area (Å²) in [6.07, 6.45) is 0.685. The molecule has 196 valence electrons. The van der Waals surface area contributed by atoms with E-state index in [1.807, 2.05) is 105 Å². The fourth-order valence-corrected chi connectivity index (χ4v) is 4.91. The van der Waals surface area contributed by atoms with E-state index in [1.54, 1.807) is 10.6 Å². The van der Waals surface area contributed by atoms with Gasteiger partial charge in [-0.05, 0) is 87.2 Å². The second kappa shape index (κ2) is 11.1. The standard InChI is InChI=1S/C34H33N3O2/c1-23-14-17-28(18-15-23)33(38)36(21-20-27-10-6-5-7-11-27)26(4)32-35-31-13-9-8-12-30(31)34(39)37(32)29-19-16-24(2)25(3)22-29/h5-19,22,26H,20-21H2,1-4H3. The molecule has 1 amide bonds. The average molecular weight is 516 g/mol. The van der Waals surface area contributed by atoms with Crippen LogP contribution in [0.25, 0.3) is 16.6 Å². The Balaban J connectivity index is 1.66. The van der Waals surface area contributed by atoms with Crippen molar-refractivity contribution in [2.24, 2.45) is 0 Å². The van der Waals surface area contributed by atoms with Crippen LogP contribution >= 0.6 is 0 Å². The minimum atomic E-state index is -0.471. The SMILES string of the molecule is Cc1ccc(C(=O)N(CCc2ccccc2)C(C)c2nc3ccccc3c(=O)n2-c2ccc(C)c(C)c2)cc1. The Bertz CT molecular complexity index is 1690. The summed E-state index contributed by atoms with van der Waals surface area (Å²) in [5.41, 5.74) is 6.30. The highest BCUT2D eigenvalue weighted by Crippen LogP contribution is 2.26. The normalized spacial score (nSPS) is 11.9. The van der Waals surface area contributed by atoms with E-state index < -0.39 is 6.04 Å². The highest BCUT2D eigenvalue weighted by molar-refractivity contribution is 5.94. The summed E-state index contributed by atoms with van der Waals surface area (Å²) in [5.74, 6) is 0.447. The van der Waals surface area contributed by atoms with E-state index in [-0.39, 0.29) is 11.5 Å². The first-order valence-electron chi connectivity index (χ1n) is 13.3. The van der Waals surface area contributed by atoms with Crippen LogP contribution in [-0.2, 0) is 6.42 Å². The van der Waals surface area contributed by atoms with E-state index in [2.05, 4.69) is 19.1 Å². The highest BCUT2D eigenvalue weighted by Gasteiger charge is 2.27. The first-order chi connectivity index (χ1) is 18.8. The Labute approximate surface area is 229 Å². The lowest BCUT2D eigenvalue weighted by molar-refractivity contribution is 0.0683.